The third-order valence-corrected chi connectivity index (χ3v) is 8.06. The molecule has 1 saturated carbocycles. The zero-order valence-corrected chi connectivity index (χ0v) is 21.6. The van der Waals surface area contributed by atoms with Gasteiger partial charge in [0.25, 0.3) is 0 Å². The molecule has 37 heavy (non-hydrogen) atoms. The van der Waals surface area contributed by atoms with Crippen molar-refractivity contribution in [1.82, 2.24) is 4.57 Å². The minimum absolute atomic E-state index is 0.0788. The molecule has 0 saturated heterocycles. The smallest absolute Gasteiger partial charge is 0.209 e. The van der Waals surface area contributed by atoms with Crippen LogP contribution in [0.25, 0.3) is 10.9 Å². The van der Waals surface area contributed by atoms with Crippen molar-refractivity contribution < 1.29 is 14.2 Å². The topological polar surface area (TPSA) is 42.1 Å². The Labute approximate surface area is 217 Å². The Morgan fingerprint density at radius 2 is 1.57 bits per heavy atom. The van der Waals surface area contributed by atoms with Gasteiger partial charge in [0.05, 0.1) is 11.0 Å². The van der Waals surface area contributed by atoms with Crippen molar-refractivity contribution in [3.05, 3.63) is 113 Å². The molecule has 4 heteroatoms. The van der Waals surface area contributed by atoms with Crippen molar-refractivity contribution in [2.24, 2.45) is 7.05 Å². The number of rotatable bonds is 6. The Morgan fingerprint density at radius 1 is 0.892 bits per heavy atom. The van der Waals surface area contributed by atoms with Crippen LogP contribution in [0.15, 0.2) is 96.7 Å². The van der Waals surface area contributed by atoms with Gasteiger partial charge in [0.15, 0.2) is 17.3 Å². The molecule has 4 aromatic rings. The van der Waals surface area contributed by atoms with Crippen LogP contribution in [-0.4, -0.2) is 33.0 Å². The lowest BCUT2D eigenvalue weighted by molar-refractivity contribution is -0.438. The Kier molecular flexibility index (Phi) is 5.56. The van der Waals surface area contributed by atoms with E-state index in [1.165, 1.54) is 11.1 Å². The van der Waals surface area contributed by atoms with E-state index >= 15 is 0 Å². The number of fused-ring (bicyclic) bond motifs is 2. The minimum Gasteiger partial charge on any atom is -0.350 e. The lowest BCUT2D eigenvalue weighted by atomic mass is 9.71. The number of hydrogen-bond acceptors (Lipinski definition) is 2. The first-order valence-electron chi connectivity index (χ1n) is 13.0. The summed E-state index contributed by atoms with van der Waals surface area (Å²) < 4.78 is 4.31. The second-order valence-electron chi connectivity index (χ2n) is 10.7. The fourth-order valence-corrected chi connectivity index (χ4v) is 6.07. The van der Waals surface area contributed by atoms with Gasteiger partial charge in [-0.05, 0) is 37.5 Å². The highest BCUT2D eigenvalue weighted by molar-refractivity contribution is 6.43. The Balaban J connectivity index is 1.35. The highest BCUT2D eigenvalue weighted by Gasteiger charge is 2.50. The first kappa shape index (κ1) is 23.4. The molecular weight excluding hydrogens is 456 g/mol. The van der Waals surface area contributed by atoms with E-state index in [2.05, 4.69) is 67.0 Å². The summed E-state index contributed by atoms with van der Waals surface area (Å²) in [6, 6.07) is 26.9. The van der Waals surface area contributed by atoms with Crippen molar-refractivity contribution in [3.8, 4) is 0 Å². The first-order valence-corrected chi connectivity index (χ1v) is 13.0. The predicted molar refractivity (Wildman–Crippen MR) is 148 cm³/mol. The average Bonchev–Trinajstić information content (AvgIpc) is 3.34. The van der Waals surface area contributed by atoms with Crippen LogP contribution < -0.4 is 0 Å². The van der Waals surface area contributed by atoms with Gasteiger partial charge in [-0.3, -0.25) is 9.59 Å². The zero-order valence-electron chi connectivity index (χ0n) is 21.6. The standard InChI is InChI=1S/C33H31N2O2/c1-33(2)26-16-8-10-18-28(26)35(19-11-14-22-12-5-4-6-13-22)29(33)20-24-31(36)30(32(24)37)25-21-34(3)27-17-9-7-15-23(25)27/h4-10,12-13,15-18,20-21,30H,11,14,19H2,1-3H3/q+1. The summed E-state index contributed by atoms with van der Waals surface area (Å²) in [5, 5.41) is 0.972. The summed E-state index contributed by atoms with van der Waals surface area (Å²) in [6.07, 6.45) is 5.77. The molecular formula is C33H31N2O2+. The number of hydrogen-bond donors (Lipinski definition) is 0. The number of Topliss-reactive ketones (excluding diaryl/α,β-unsaturated/α-hetero) is 2. The third-order valence-electron chi connectivity index (χ3n) is 8.06. The summed E-state index contributed by atoms with van der Waals surface area (Å²) in [5.41, 5.74) is 6.59. The number of carbonyl (C=O) groups excluding carboxylic acids is 2. The maximum absolute atomic E-state index is 13.5. The van der Waals surface area contributed by atoms with Crippen molar-refractivity contribution in [2.45, 2.75) is 38.0 Å². The van der Waals surface area contributed by atoms with Gasteiger partial charge in [0, 0.05) is 48.3 Å². The van der Waals surface area contributed by atoms with E-state index in [9.17, 15) is 9.59 Å². The second kappa shape index (κ2) is 8.81. The Bertz CT molecular complexity index is 1600. The molecule has 1 fully saturated rings. The Morgan fingerprint density at radius 3 is 2.35 bits per heavy atom. The van der Waals surface area contributed by atoms with Crippen molar-refractivity contribution in [2.75, 3.05) is 6.54 Å². The molecule has 6 rings (SSSR count). The number of allylic oxidation sites excluding steroid dienone is 2. The zero-order chi connectivity index (χ0) is 25.7. The van der Waals surface area contributed by atoms with E-state index in [0.717, 1.165) is 47.3 Å². The van der Waals surface area contributed by atoms with E-state index in [4.69, 9.17) is 0 Å². The fraction of sp³-hybridized carbons (Fsp3) is 0.242. The highest BCUT2D eigenvalue weighted by atomic mass is 16.2. The maximum Gasteiger partial charge on any atom is 0.209 e. The van der Waals surface area contributed by atoms with E-state index < -0.39 is 5.92 Å². The Hall–Kier alpha value is -4.05. The number of aryl methyl sites for hydroxylation is 2. The monoisotopic (exact) mass is 487 g/mol. The molecule has 1 aliphatic heterocycles. The van der Waals surface area contributed by atoms with Crippen LogP contribution in [0.5, 0.6) is 0 Å². The third kappa shape index (κ3) is 3.71. The van der Waals surface area contributed by atoms with Gasteiger partial charge in [0.1, 0.15) is 12.5 Å². The molecule has 4 nitrogen and oxygen atoms in total. The molecule has 0 unspecified atom stereocenters. The molecule has 0 atom stereocenters. The van der Waals surface area contributed by atoms with Crippen LogP contribution in [0.1, 0.15) is 42.9 Å². The molecule has 0 spiro atoms. The molecule has 1 aromatic heterocycles. The van der Waals surface area contributed by atoms with E-state index in [1.807, 2.05) is 54.2 Å². The molecule has 0 amide bonds. The van der Waals surface area contributed by atoms with Crippen LogP contribution >= 0.6 is 0 Å². The van der Waals surface area contributed by atoms with Crippen LogP contribution in [-0.2, 0) is 28.5 Å². The molecule has 0 N–H and O–H groups in total. The van der Waals surface area contributed by atoms with Crippen LogP contribution in [0.2, 0.25) is 0 Å². The van der Waals surface area contributed by atoms with Gasteiger partial charge in [-0.2, -0.15) is 4.58 Å². The molecule has 2 heterocycles. The van der Waals surface area contributed by atoms with Gasteiger partial charge in [-0.15, -0.1) is 0 Å². The summed E-state index contributed by atoms with van der Waals surface area (Å²) in [7, 11) is 1.96. The van der Waals surface area contributed by atoms with Gasteiger partial charge in [0.2, 0.25) is 5.69 Å². The number of carbonyl (C=O) groups is 2. The summed E-state index contributed by atoms with van der Waals surface area (Å²) in [5.74, 6) is -0.869. The van der Waals surface area contributed by atoms with Gasteiger partial charge in [-0.1, -0.05) is 66.7 Å². The lowest BCUT2D eigenvalue weighted by Gasteiger charge is -2.26. The van der Waals surface area contributed by atoms with Crippen molar-refractivity contribution in [1.29, 1.82) is 0 Å². The number of ketones is 2. The molecule has 3 aromatic carbocycles. The second-order valence-corrected chi connectivity index (χ2v) is 10.7. The van der Waals surface area contributed by atoms with Gasteiger partial charge in [-0.25, -0.2) is 0 Å². The van der Waals surface area contributed by atoms with Crippen LogP contribution in [0.4, 0.5) is 5.69 Å². The average molecular weight is 488 g/mol. The first-order chi connectivity index (χ1) is 17.9. The molecule has 184 valence electrons. The largest absolute Gasteiger partial charge is 0.350 e. The quantitative estimate of drug-likeness (QED) is 0.144. The summed E-state index contributed by atoms with van der Waals surface area (Å²) >= 11 is 0. The minimum atomic E-state index is -0.712. The predicted octanol–water partition coefficient (Wildman–Crippen LogP) is 6.05. The van der Waals surface area contributed by atoms with Crippen molar-refractivity contribution >= 4 is 33.9 Å². The van der Waals surface area contributed by atoms with E-state index in [0.29, 0.717) is 5.57 Å². The fourth-order valence-electron chi connectivity index (χ4n) is 6.07. The number of nitrogens with zero attached hydrogens (tertiary/aromatic N) is 2. The molecule has 2 aliphatic rings. The van der Waals surface area contributed by atoms with E-state index in [1.54, 1.807) is 0 Å². The maximum atomic E-state index is 13.5. The highest BCUT2D eigenvalue weighted by Crippen LogP contribution is 2.43. The number of benzene rings is 3. The SMILES string of the molecule is Cn1cc(C2C(=O)C(=CC3=[N+](CCCc4ccccc4)c4ccccc4C3(C)C)C2=O)c2ccccc21. The summed E-state index contributed by atoms with van der Waals surface area (Å²) in [4.78, 5) is 26.9. The molecule has 1 aliphatic carbocycles. The van der Waals surface area contributed by atoms with Crippen LogP contribution in [0, 0.1) is 0 Å². The number of para-hydroxylation sites is 2. The normalized spacial score (nSPS) is 18.4. The summed E-state index contributed by atoms with van der Waals surface area (Å²) in [6.45, 7) is 5.19. The van der Waals surface area contributed by atoms with Crippen LogP contribution in [0.3, 0.4) is 0 Å². The lowest BCUT2D eigenvalue weighted by Crippen LogP contribution is -2.40. The number of aromatic nitrogens is 1. The molecule has 0 bridgehead atoms. The van der Waals surface area contributed by atoms with E-state index in [-0.39, 0.29) is 17.0 Å². The molecule has 0 radical (unpaired) electrons. The van der Waals surface area contributed by atoms with Gasteiger partial charge >= 0.3 is 0 Å². The van der Waals surface area contributed by atoms with Crippen molar-refractivity contribution in [3.63, 3.8) is 0 Å². The van der Waals surface area contributed by atoms with Gasteiger partial charge < -0.3 is 4.57 Å².